The molecule has 0 aliphatic carbocycles. The highest BCUT2D eigenvalue weighted by molar-refractivity contribution is 6.07. The van der Waals surface area contributed by atoms with Gasteiger partial charge in [-0.25, -0.2) is 4.79 Å². The topological polar surface area (TPSA) is 91.8 Å². The van der Waals surface area contributed by atoms with Gasteiger partial charge < -0.3 is 15.0 Å². The fourth-order valence-corrected chi connectivity index (χ4v) is 5.80. The summed E-state index contributed by atoms with van der Waals surface area (Å²) in [6.07, 6.45) is 6.20. The Morgan fingerprint density at radius 1 is 1.17 bits per heavy atom. The summed E-state index contributed by atoms with van der Waals surface area (Å²) in [5.74, 6) is -0.385. The molecule has 0 bridgehead atoms. The van der Waals surface area contributed by atoms with Gasteiger partial charge in [0.2, 0.25) is 0 Å². The van der Waals surface area contributed by atoms with Gasteiger partial charge in [-0.1, -0.05) is 23.8 Å². The zero-order chi connectivity index (χ0) is 24.6. The molecule has 3 saturated heterocycles. The third-order valence-electron chi connectivity index (χ3n) is 7.67. The van der Waals surface area contributed by atoms with E-state index in [0.717, 1.165) is 24.0 Å². The molecule has 1 aromatic heterocycles. The number of aryl methyl sites for hydroxylation is 2. The van der Waals surface area contributed by atoms with Crippen LogP contribution in [0.2, 0.25) is 0 Å². The maximum Gasteiger partial charge on any atom is 0.325 e. The summed E-state index contributed by atoms with van der Waals surface area (Å²) in [7, 11) is 0. The van der Waals surface area contributed by atoms with Crippen molar-refractivity contribution >= 4 is 17.8 Å². The van der Waals surface area contributed by atoms with Crippen LogP contribution in [0, 0.1) is 19.8 Å². The molecule has 5 rings (SSSR count). The number of benzene rings is 1. The van der Waals surface area contributed by atoms with Gasteiger partial charge in [-0.15, -0.1) is 0 Å². The number of likely N-dealkylation sites (tertiary alicyclic amines) is 1. The van der Waals surface area contributed by atoms with E-state index in [0.29, 0.717) is 43.7 Å². The van der Waals surface area contributed by atoms with Crippen molar-refractivity contribution in [2.45, 2.75) is 51.2 Å². The minimum absolute atomic E-state index is 0.0122. The predicted molar refractivity (Wildman–Crippen MR) is 130 cm³/mol. The molecule has 4 heterocycles. The Kier molecular flexibility index (Phi) is 6.32. The number of carbonyl (C=O) groups is 3. The van der Waals surface area contributed by atoms with Crippen molar-refractivity contribution in [3.8, 4) is 0 Å². The standard InChI is InChI=1S/C27H32N4O4/c1-18-7-8-23(19(2)15-18)24(32)30-12-9-20(10-13-30)27(21-5-3-11-28-16-21)25(33)31(26(34)29-27)17-22-6-4-14-35-22/h3,5,7-8,11,15-16,20,22H,4,6,9-10,12-14,17H2,1-2H3,(H,29,34). The molecule has 2 aromatic rings. The summed E-state index contributed by atoms with van der Waals surface area (Å²) < 4.78 is 5.70. The van der Waals surface area contributed by atoms with Crippen LogP contribution in [-0.4, -0.2) is 65.0 Å². The molecule has 3 aliphatic rings. The van der Waals surface area contributed by atoms with Gasteiger partial charge in [0.05, 0.1) is 12.6 Å². The molecule has 3 fully saturated rings. The summed E-state index contributed by atoms with van der Waals surface area (Å²) in [5, 5.41) is 3.06. The second-order valence-electron chi connectivity index (χ2n) is 9.92. The first kappa shape index (κ1) is 23.5. The van der Waals surface area contributed by atoms with Crippen molar-refractivity contribution in [1.82, 2.24) is 20.1 Å². The normalized spacial score (nSPS) is 25.3. The molecule has 8 heteroatoms. The molecule has 184 valence electrons. The number of rotatable bonds is 5. The van der Waals surface area contributed by atoms with Gasteiger partial charge in [0.25, 0.3) is 11.8 Å². The van der Waals surface area contributed by atoms with Crippen LogP contribution in [-0.2, 0) is 15.1 Å². The Balaban J connectivity index is 1.38. The number of amides is 4. The second kappa shape index (κ2) is 9.41. The van der Waals surface area contributed by atoms with Crippen LogP contribution in [0.15, 0.2) is 42.7 Å². The van der Waals surface area contributed by atoms with Crippen LogP contribution in [0.3, 0.4) is 0 Å². The van der Waals surface area contributed by atoms with E-state index in [1.165, 1.54) is 4.90 Å². The van der Waals surface area contributed by atoms with Crippen molar-refractivity contribution in [2.24, 2.45) is 5.92 Å². The number of urea groups is 1. The highest BCUT2D eigenvalue weighted by Crippen LogP contribution is 2.41. The van der Waals surface area contributed by atoms with E-state index in [-0.39, 0.29) is 36.4 Å². The van der Waals surface area contributed by atoms with E-state index in [1.54, 1.807) is 18.5 Å². The van der Waals surface area contributed by atoms with Gasteiger partial charge in [0, 0.05) is 43.2 Å². The predicted octanol–water partition coefficient (Wildman–Crippen LogP) is 3.18. The number of imide groups is 1. The minimum atomic E-state index is -1.18. The number of nitrogens with one attached hydrogen (secondary N) is 1. The van der Waals surface area contributed by atoms with Crippen LogP contribution in [0.25, 0.3) is 0 Å². The van der Waals surface area contributed by atoms with E-state index in [4.69, 9.17) is 4.74 Å². The molecule has 1 N–H and O–H groups in total. The first-order valence-electron chi connectivity index (χ1n) is 12.4. The van der Waals surface area contributed by atoms with E-state index in [1.807, 2.05) is 43.0 Å². The number of carbonyl (C=O) groups excluding carboxylic acids is 3. The molecule has 4 amide bonds. The summed E-state index contributed by atoms with van der Waals surface area (Å²) in [6, 6.07) is 9.13. The van der Waals surface area contributed by atoms with Crippen LogP contribution < -0.4 is 5.32 Å². The molecular weight excluding hydrogens is 444 g/mol. The summed E-state index contributed by atoms with van der Waals surface area (Å²) in [6.45, 7) is 5.94. The van der Waals surface area contributed by atoms with Crippen molar-refractivity contribution in [3.05, 3.63) is 65.0 Å². The molecule has 0 spiro atoms. The fourth-order valence-electron chi connectivity index (χ4n) is 5.80. The van der Waals surface area contributed by atoms with E-state index >= 15 is 0 Å². The summed E-state index contributed by atoms with van der Waals surface area (Å²) in [5.41, 5.74) is 2.31. The maximum absolute atomic E-state index is 13.9. The van der Waals surface area contributed by atoms with Crippen LogP contribution in [0.1, 0.15) is 52.7 Å². The lowest BCUT2D eigenvalue weighted by molar-refractivity contribution is -0.135. The van der Waals surface area contributed by atoms with Gasteiger partial charge in [-0.2, -0.15) is 0 Å². The van der Waals surface area contributed by atoms with Crippen LogP contribution in [0.4, 0.5) is 4.79 Å². The molecule has 8 nitrogen and oxygen atoms in total. The van der Waals surface area contributed by atoms with Gasteiger partial charge in [0.1, 0.15) is 0 Å². The highest BCUT2D eigenvalue weighted by atomic mass is 16.5. The average Bonchev–Trinajstić information content (AvgIpc) is 3.47. The van der Waals surface area contributed by atoms with Crippen molar-refractivity contribution in [1.29, 1.82) is 0 Å². The van der Waals surface area contributed by atoms with E-state index < -0.39 is 5.54 Å². The lowest BCUT2D eigenvalue weighted by Gasteiger charge is -2.41. The molecule has 0 saturated carbocycles. The Morgan fingerprint density at radius 2 is 1.97 bits per heavy atom. The van der Waals surface area contributed by atoms with Gasteiger partial charge in [-0.05, 0) is 63.1 Å². The zero-order valence-electron chi connectivity index (χ0n) is 20.3. The summed E-state index contributed by atoms with van der Waals surface area (Å²) >= 11 is 0. The fraction of sp³-hybridized carbons (Fsp3) is 0.481. The third kappa shape index (κ3) is 4.20. The average molecular weight is 477 g/mol. The smallest absolute Gasteiger partial charge is 0.325 e. The Bertz CT molecular complexity index is 1120. The highest BCUT2D eigenvalue weighted by Gasteiger charge is 2.57. The molecular formula is C27H32N4O4. The second-order valence-corrected chi connectivity index (χ2v) is 9.92. The first-order valence-corrected chi connectivity index (χ1v) is 12.4. The maximum atomic E-state index is 13.9. The summed E-state index contributed by atoms with van der Waals surface area (Å²) in [4.78, 5) is 47.6. The monoisotopic (exact) mass is 476 g/mol. The zero-order valence-corrected chi connectivity index (χ0v) is 20.3. The van der Waals surface area contributed by atoms with Crippen LogP contribution in [0.5, 0.6) is 0 Å². The molecule has 35 heavy (non-hydrogen) atoms. The molecule has 1 aromatic carbocycles. The number of piperidine rings is 1. The van der Waals surface area contributed by atoms with E-state index in [2.05, 4.69) is 10.3 Å². The van der Waals surface area contributed by atoms with Crippen LogP contribution >= 0.6 is 0 Å². The Hall–Kier alpha value is -3.26. The SMILES string of the molecule is Cc1ccc(C(=O)N2CCC(C3(c4cccnc4)NC(=O)N(CC4CCCO4)C3=O)CC2)c(C)c1. The number of aromatic nitrogens is 1. The largest absolute Gasteiger partial charge is 0.376 e. The van der Waals surface area contributed by atoms with E-state index in [9.17, 15) is 14.4 Å². The lowest BCUT2D eigenvalue weighted by atomic mass is 9.73. The number of ether oxygens (including phenoxy) is 1. The first-order chi connectivity index (χ1) is 16.9. The number of hydrogen-bond acceptors (Lipinski definition) is 5. The number of pyridine rings is 1. The van der Waals surface area contributed by atoms with Crippen molar-refractivity contribution < 1.29 is 19.1 Å². The number of nitrogens with zero attached hydrogens (tertiary/aromatic N) is 3. The molecule has 0 radical (unpaired) electrons. The van der Waals surface area contributed by atoms with Crippen molar-refractivity contribution in [2.75, 3.05) is 26.2 Å². The third-order valence-corrected chi connectivity index (χ3v) is 7.67. The van der Waals surface area contributed by atoms with Gasteiger partial charge in [0.15, 0.2) is 5.54 Å². The van der Waals surface area contributed by atoms with Crippen molar-refractivity contribution in [3.63, 3.8) is 0 Å². The quantitative estimate of drug-likeness (QED) is 0.670. The van der Waals surface area contributed by atoms with Gasteiger partial charge >= 0.3 is 6.03 Å². The molecule has 2 unspecified atom stereocenters. The number of hydrogen-bond donors (Lipinski definition) is 1. The molecule has 3 aliphatic heterocycles. The lowest BCUT2D eigenvalue weighted by Crippen LogP contribution is -2.54. The minimum Gasteiger partial charge on any atom is -0.376 e. The Labute approximate surface area is 205 Å². The Morgan fingerprint density at radius 3 is 2.63 bits per heavy atom. The van der Waals surface area contributed by atoms with Gasteiger partial charge in [-0.3, -0.25) is 19.5 Å². The molecule has 2 atom stereocenters.